The highest BCUT2D eigenvalue weighted by Gasteiger charge is 2.16. The van der Waals surface area contributed by atoms with Gasteiger partial charge in [-0.2, -0.15) is 5.26 Å². The maximum atomic E-state index is 13.4. The maximum absolute atomic E-state index is 13.4. The first-order valence-electron chi connectivity index (χ1n) is 9.15. The molecule has 7 heteroatoms. The van der Waals surface area contributed by atoms with E-state index in [2.05, 4.69) is 16.3 Å². The van der Waals surface area contributed by atoms with Gasteiger partial charge in [-0.25, -0.2) is 4.39 Å². The first kappa shape index (κ1) is 19.7. The van der Waals surface area contributed by atoms with E-state index >= 15 is 0 Å². The molecule has 4 aromatic rings. The highest BCUT2D eigenvalue weighted by molar-refractivity contribution is 7.98. The van der Waals surface area contributed by atoms with Crippen molar-refractivity contribution in [2.75, 3.05) is 7.11 Å². The Hall–Kier alpha value is -3.63. The van der Waals surface area contributed by atoms with Crippen molar-refractivity contribution in [2.24, 2.45) is 0 Å². The quantitative estimate of drug-likeness (QED) is 0.402. The molecule has 0 fully saturated rings. The smallest absolute Gasteiger partial charge is 0.196 e. The molecule has 0 aliphatic heterocycles. The van der Waals surface area contributed by atoms with Crippen LogP contribution in [0.15, 0.2) is 78.0 Å². The van der Waals surface area contributed by atoms with Crippen LogP contribution in [0.5, 0.6) is 5.75 Å². The standard InChI is InChI=1S/C23H17FN4OS/c1-29-21-11-9-20(10-12-21)28-22(18-5-7-19(24)8-6-18)26-27-23(28)30-15-17-4-2-3-16(13-17)14-25/h2-13H,15H2,1H3. The van der Waals surface area contributed by atoms with Crippen LogP contribution < -0.4 is 4.74 Å². The minimum atomic E-state index is -0.304. The van der Waals surface area contributed by atoms with Gasteiger partial charge < -0.3 is 4.74 Å². The van der Waals surface area contributed by atoms with E-state index in [1.165, 1.54) is 23.9 Å². The third kappa shape index (κ3) is 4.19. The number of nitrogens with zero attached hydrogens (tertiary/aromatic N) is 4. The van der Waals surface area contributed by atoms with E-state index in [0.29, 0.717) is 22.3 Å². The lowest BCUT2D eigenvalue weighted by molar-refractivity contribution is 0.414. The first-order chi connectivity index (χ1) is 14.7. The molecule has 0 aliphatic rings. The van der Waals surface area contributed by atoms with E-state index < -0.39 is 0 Å². The van der Waals surface area contributed by atoms with Crippen LogP contribution in [0.2, 0.25) is 0 Å². The van der Waals surface area contributed by atoms with Gasteiger partial charge in [0, 0.05) is 17.0 Å². The van der Waals surface area contributed by atoms with Crippen LogP contribution in [0.25, 0.3) is 17.1 Å². The molecular weight excluding hydrogens is 399 g/mol. The molecular formula is C23H17FN4OS. The molecule has 4 rings (SSSR count). The molecule has 5 nitrogen and oxygen atoms in total. The van der Waals surface area contributed by atoms with Crippen molar-refractivity contribution >= 4 is 11.8 Å². The van der Waals surface area contributed by atoms with Crippen LogP contribution in [0, 0.1) is 17.1 Å². The van der Waals surface area contributed by atoms with Crippen molar-refractivity contribution in [1.29, 1.82) is 5.26 Å². The summed E-state index contributed by atoms with van der Waals surface area (Å²) < 4.78 is 20.6. The van der Waals surface area contributed by atoms with Crippen molar-refractivity contribution in [3.05, 3.63) is 89.7 Å². The van der Waals surface area contributed by atoms with Gasteiger partial charge in [0.1, 0.15) is 11.6 Å². The summed E-state index contributed by atoms with van der Waals surface area (Å²) in [6, 6.07) is 23.4. The van der Waals surface area contributed by atoms with Gasteiger partial charge >= 0.3 is 0 Å². The summed E-state index contributed by atoms with van der Waals surface area (Å²) in [6.45, 7) is 0. The molecule has 0 spiro atoms. The zero-order valence-electron chi connectivity index (χ0n) is 16.1. The average molecular weight is 416 g/mol. The fourth-order valence-corrected chi connectivity index (χ4v) is 3.89. The molecule has 30 heavy (non-hydrogen) atoms. The normalized spacial score (nSPS) is 10.6. The fraction of sp³-hybridized carbons (Fsp3) is 0.0870. The molecule has 0 amide bonds. The van der Waals surface area contributed by atoms with Crippen LogP contribution >= 0.6 is 11.8 Å². The number of halogens is 1. The molecule has 1 aromatic heterocycles. The van der Waals surface area contributed by atoms with Crippen molar-refractivity contribution < 1.29 is 9.13 Å². The second-order valence-electron chi connectivity index (χ2n) is 6.45. The second kappa shape index (κ2) is 8.80. The largest absolute Gasteiger partial charge is 0.497 e. The van der Waals surface area contributed by atoms with Crippen LogP contribution in [0.1, 0.15) is 11.1 Å². The number of methoxy groups -OCH3 is 1. The summed E-state index contributed by atoms with van der Waals surface area (Å²) >= 11 is 1.52. The van der Waals surface area contributed by atoms with Gasteiger partial charge in [-0.05, 0) is 66.2 Å². The average Bonchev–Trinajstić information content (AvgIpc) is 3.22. The van der Waals surface area contributed by atoms with Gasteiger partial charge in [0.2, 0.25) is 0 Å². The number of benzene rings is 3. The summed E-state index contributed by atoms with van der Waals surface area (Å²) in [6.07, 6.45) is 0. The number of aromatic nitrogens is 3. The predicted molar refractivity (Wildman–Crippen MR) is 114 cm³/mol. The zero-order valence-corrected chi connectivity index (χ0v) is 16.9. The Morgan fingerprint density at radius 3 is 2.50 bits per heavy atom. The number of hydrogen-bond acceptors (Lipinski definition) is 5. The predicted octanol–water partition coefficient (Wildman–Crippen LogP) is 5.25. The Balaban J connectivity index is 1.72. The summed E-state index contributed by atoms with van der Waals surface area (Å²) in [7, 11) is 1.62. The third-order valence-electron chi connectivity index (χ3n) is 4.49. The van der Waals surface area contributed by atoms with Gasteiger partial charge in [-0.3, -0.25) is 4.57 Å². The van der Waals surface area contributed by atoms with Gasteiger partial charge in [0.25, 0.3) is 0 Å². The monoisotopic (exact) mass is 416 g/mol. The molecule has 0 N–H and O–H groups in total. The lowest BCUT2D eigenvalue weighted by Gasteiger charge is -2.11. The molecule has 1 heterocycles. The minimum Gasteiger partial charge on any atom is -0.497 e. The van der Waals surface area contributed by atoms with E-state index in [9.17, 15) is 4.39 Å². The molecule has 0 bridgehead atoms. The summed E-state index contributed by atoms with van der Waals surface area (Å²) in [5.74, 6) is 1.69. The number of hydrogen-bond donors (Lipinski definition) is 0. The van der Waals surface area contributed by atoms with E-state index in [1.54, 1.807) is 25.3 Å². The molecule has 0 unspecified atom stereocenters. The Morgan fingerprint density at radius 2 is 1.80 bits per heavy atom. The zero-order chi connectivity index (χ0) is 20.9. The van der Waals surface area contributed by atoms with Crippen molar-refractivity contribution in [2.45, 2.75) is 10.9 Å². The molecule has 148 valence electrons. The fourth-order valence-electron chi connectivity index (χ4n) is 2.99. The van der Waals surface area contributed by atoms with Crippen LogP contribution in [-0.4, -0.2) is 21.9 Å². The van der Waals surface area contributed by atoms with Crippen molar-refractivity contribution in [3.63, 3.8) is 0 Å². The number of rotatable bonds is 6. The molecule has 0 saturated carbocycles. The van der Waals surface area contributed by atoms with Crippen LogP contribution in [0.4, 0.5) is 4.39 Å². The van der Waals surface area contributed by atoms with Gasteiger partial charge in [0.05, 0.1) is 18.7 Å². The number of thioether (sulfide) groups is 1. The summed E-state index contributed by atoms with van der Waals surface area (Å²) in [5, 5.41) is 18.6. The minimum absolute atomic E-state index is 0.304. The molecule has 3 aromatic carbocycles. The van der Waals surface area contributed by atoms with Gasteiger partial charge in [0.15, 0.2) is 11.0 Å². The highest BCUT2D eigenvalue weighted by atomic mass is 32.2. The highest BCUT2D eigenvalue weighted by Crippen LogP contribution is 2.30. The maximum Gasteiger partial charge on any atom is 0.196 e. The van der Waals surface area contributed by atoms with E-state index in [1.807, 2.05) is 47.0 Å². The van der Waals surface area contributed by atoms with Crippen molar-refractivity contribution in [3.8, 4) is 28.9 Å². The molecule has 0 atom stereocenters. The van der Waals surface area contributed by atoms with E-state index in [-0.39, 0.29) is 5.82 Å². The summed E-state index contributed by atoms with van der Waals surface area (Å²) in [4.78, 5) is 0. The Kier molecular flexibility index (Phi) is 5.77. The van der Waals surface area contributed by atoms with E-state index in [0.717, 1.165) is 22.6 Å². The molecule has 0 radical (unpaired) electrons. The Bertz CT molecular complexity index is 1200. The van der Waals surface area contributed by atoms with Gasteiger partial charge in [-0.15, -0.1) is 10.2 Å². The Morgan fingerprint density at radius 1 is 1.03 bits per heavy atom. The third-order valence-corrected chi connectivity index (χ3v) is 5.49. The van der Waals surface area contributed by atoms with Crippen LogP contribution in [-0.2, 0) is 5.75 Å². The first-order valence-corrected chi connectivity index (χ1v) is 10.1. The van der Waals surface area contributed by atoms with Gasteiger partial charge in [-0.1, -0.05) is 23.9 Å². The lowest BCUT2D eigenvalue weighted by Crippen LogP contribution is -2.00. The molecule has 0 saturated heterocycles. The van der Waals surface area contributed by atoms with Crippen molar-refractivity contribution in [1.82, 2.24) is 14.8 Å². The lowest BCUT2D eigenvalue weighted by atomic mass is 10.2. The van der Waals surface area contributed by atoms with E-state index in [4.69, 9.17) is 10.00 Å². The number of ether oxygens (including phenoxy) is 1. The Labute approximate surface area is 177 Å². The van der Waals surface area contributed by atoms with Crippen LogP contribution in [0.3, 0.4) is 0 Å². The topological polar surface area (TPSA) is 63.7 Å². The number of nitriles is 1. The second-order valence-corrected chi connectivity index (χ2v) is 7.39. The SMILES string of the molecule is COc1ccc(-n2c(SCc3cccc(C#N)c3)nnc2-c2ccc(F)cc2)cc1. The molecule has 0 aliphatic carbocycles. The summed E-state index contributed by atoms with van der Waals surface area (Å²) in [5.41, 5.74) is 3.27.